The van der Waals surface area contributed by atoms with Gasteiger partial charge in [0.2, 0.25) is 13.6 Å². The van der Waals surface area contributed by atoms with Gasteiger partial charge in [-0.3, -0.25) is 4.98 Å². The Labute approximate surface area is 154 Å². The van der Waals surface area contributed by atoms with E-state index in [0.29, 0.717) is 34.3 Å². The molecule has 7 heteroatoms. The number of benzene rings is 2. The Morgan fingerprint density at radius 3 is 2.67 bits per heavy atom. The van der Waals surface area contributed by atoms with E-state index in [0.717, 1.165) is 16.3 Å². The van der Waals surface area contributed by atoms with Crippen molar-refractivity contribution in [3.8, 4) is 23.0 Å². The molecule has 3 aliphatic rings. The molecule has 2 aromatic carbocycles. The zero-order valence-electron chi connectivity index (χ0n) is 14.4. The Morgan fingerprint density at radius 2 is 1.78 bits per heavy atom. The fraction of sp³-hybridized carbons (Fsp3) is 0.250. The number of hydrogen-bond acceptors (Lipinski definition) is 7. The fourth-order valence-corrected chi connectivity index (χ4v) is 4.13. The molecule has 7 nitrogen and oxygen atoms in total. The first-order valence-electron chi connectivity index (χ1n) is 8.63. The lowest BCUT2D eigenvalue weighted by molar-refractivity contribution is -0.150. The number of aliphatic hydroxyl groups is 1. The standard InChI is InChI=1S/C20H15NO6/c1-20(12-2-3-13-17(26-9-23-13)16(12)19(22)27-20)18-11-7-15-14(24-8-25-15)6-10(11)4-5-21-18/h2-7,19,22H,8-9H2,1H3. The number of aromatic nitrogens is 1. The van der Waals surface area contributed by atoms with Crippen LogP contribution in [0.3, 0.4) is 0 Å². The van der Waals surface area contributed by atoms with Crippen molar-refractivity contribution in [2.75, 3.05) is 13.6 Å². The molecular weight excluding hydrogens is 350 g/mol. The van der Waals surface area contributed by atoms with Crippen LogP contribution in [0.2, 0.25) is 0 Å². The summed E-state index contributed by atoms with van der Waals surface area (Å²) in [6.07, 6.45) is 0.596. The van der Waals surface area contributed by atoms with Gasteiger partial charge in [-0.25, -0.2) is 0 Å². The molecule has 3 aliphatic heterocycles. The molecule has 0 saturated carbocycles. The zero-order valence-corrected chi connectivity index (χ0v) is 14.4. The van der Waals surface area contributed by atoms with E-state index in [1.54, 1.807) is 6.20 Å². The van der Waals surface area contributed by atoms with Crippen LogP contribution >= 0.6 is 0 Å². The van der Waals surface area contributed by atoms with E-state index in [4.69, 9.17) is 23.7 Å². The van der Waals surface area contributed by atoms with E-state index in [-0.39, 0.29) is 13.6 Å². The minimum absolute atomic E-state index is 0.130. The Kier molecular flexibility index (Phi) is 2.80. The molecule has 0 saturated heterocycles. The smallest absolute Gasteiger partial charge is 0.231 e. The van der Waals surface area contributed by atoms with Crippen molar-refractivity contribution in [3.63, 3.8) is 0 Å². The van der Waals surface area contributed by atoms with Crippen molar-refractivity contribution in [2.24, 2.45) is 0 Å². The highest BCUT2D eigenvalue weighted by Crippen LogP contribution is 2.54. The highest BCUT2D eigenvalue weighted by molar-refractivity contribution is 5.89. The SMILES string of the molecule is CC1(c2nccc3cc4c(cc23)OCO4)OC(O)c2c1ccc1c2OCO1. The van der Waals surface area contributed by atoms with Crippen LogP contribution in [-0.2, 0) is 10.3 Å². The third-order valence-corrected chi connectivity index (χ3v) is 5.40. The molecule has 1 aromatic heterocycles. The Balaban J connectivity index is 1.61. The number of fused-ring (bicyclic) bond motifs is 5. The van der Waals surface area contributed by atoms with Crippen molar-refractivity contribution >= 4 is 10.8 Å². The van der Waals surface area contributed by atoms with E-state index in [9.17, 15) is 5.11 Å². The van der Waals surface area contributed by atoms with Gasteiger partial charge in [-0.15, -0.1) is 0 Å². The van der Waals surface area contributed by atoms with Crippen molar-refractivity contribution in [3.05, 3.63) is 53.3 Å². The predicted molar refractivity (Wildman–Crippen MR) is 92.9 cm³/mol. The zero-order chi connectivity index (χ0) is 18.2. The van der Waals surface area contributed by atoms with Crippen LogP contribution in [0.4, 0.5) is 0 Å². The van der Waals surface area contributed by atoms with Crippen LogP contribution in [-0.4, -0.2) is 23.7 Å². The lowest BCUT2D eigenvalue weighted by Crippen LogP contribution is -2.25. The molecule has 27 heavy (non-hydrogen) atoms. The summed E-state index contributed by atoms with van der Waals surface area (Å²) in [5, 5.41) is 12.5. The first kappa shape index (κ1) is 15.1. The molecule has 4 heterocycles. The summed E-state index contributed by atoms with van der Waals surface area (Å²) in [4.78, 5) is 4.61. The van der Waals surface area contributed by atoms with Crippen molar-refractivity contribution < 1.29 is 28.8 Å². The second-order valence-electron chi connectivity index (χ2n) is 6.85. The highest BCUT2D eigenvalue weighted by Gasteiger charge is 2.47. The van der Waals surface area contributed by atoms with E-state index in [1.165, 1.54) is 0 Å². The van der Waals surface area contributed by atoms with Gasteiger partial charge >= 0.3 is 0 Å². The molecule has 3 aromatic rings. The van der Waals surface area contributed by atoms with E-state index >= 15 is 0 Å². The molecule has 0 aliphatic carbocycles. The summed E-state index contributed by atoms with van der Waals surface area (Å²) in [6, 6.07) is 9.48. The first-order valence-corrected chi connectivity index (χ1v) is 8.63. The van der Waals surface area contributed by atoms with Crippen LogP contribution in [0, 0.1) is 0 Å². The van der Waals surface area contributed by atoms with Crippen LogP contribution in [0.5, 0.6) is 23.0 Å². The summed E-state index contributed by atoms with van der Waals surface area (Å²) in [7, 11) is 0. The minimum Gasteiger partial charge on any atom is -0.454 e. The van der Waals surface area contributed by atoms with Crippen molar-refractivity contribution in [2.45, 2.75) is 18.8 Å². The summed E-state index contributed by atoms with van der Waals surface area (Å²) in [6.45, 7) is 2.23. The van der Waals surface area contributed by atoms with Gasteiger partial charge < -0.3 is 28.8 Å². The molecule has 0 bridgehead atoms. The fourth-order valence-electron chi connectivity index (χ4n) is 4.13. The van der Waals surface area contributed by atoms with Gasteiger partial charge in [0, 0.05) is 17.1 Å². The maximum atomic E-state index is 10.6. The second kappa shape index (κ2) is 5.03. The number of aliphatic hydroxyl groups excluding tert-OH is 1. The Morgan fingerprint density at radius 1 is 1.00 bits per heavy atom. The van der Waals surface area contributed by atoms with E-state index in [2.05, 4.69) is 4.98 Å². The van der Waals surface area contributed by atoms with Crippen molar-refractivity contribution in [1.29, 1.82) is 0 Å². The molecule has 2 unspecified atom stereocenters. The molecule has 6 rings (SSSR count). The third-order valence-electron chi connectivity index (χ3n) is 5.40. The number of hydrogen-bond donors (Lipinski definition) is 1. The lowest BCUT2D eigenvalue weighted by Gasteiger charge is -2.26. The molecule has 0 radical (unpaired) electrons. The molecule has 136 valence electrons. The van der Waals surface area contributed by atoms with Crippen LogP contribution < -0.4 is 18.9 Å². The number of nitrogens with zero attached hydrogens (tertiary/aromatic N) is 1. The summed E-state index contributed by atoms with van der Waals surface area (Å²) >= 11 is 0. The summed E-state index contributed by atoms with van der Waals surface area (Å²) < 4.78 is 28.1. The average Bonchev–Trinajstić information content (AvgIpc) is 3.37. The van der Waals surface area contributed by atoms with Gasteiger partial charge in [0.05, 0.1) is 11.3 Å². The van der Waals surface area contributed by atoms with Gasteiger partial charge in [-0.05, 0) is 36.6 Å². The molecule has 0 fully saturated rings. The normalized spacial score (nSPS) is 24.4. The minimum atomic E-state index is -1.13. The summed E-state index contributed by atoms with van der Waals surface area (Å²) in [5.74, 6) is 2.52. The van der Waals surface area contributed by atoms with Crippen LogP contribution in [0.25, 0.3) is 10.8 Å². The van der Waals surface area contributed by atoms with Gasteiger partial charge in [0.15, 0.2) is 29.3 Å². The van der Waals surface area contributed by atoms with Gasteiger partial charge in [0.1, 0.15) is 5.60 Å². The second-order valence-corrected chi connectivity index (χ2v) is 6.85. The topological polar surface area (TPSA) is 79.3 Å². The van der Waals surface area contributed by atoms with Gasteiger partial charge in [0.25, 0.3) is 0 Å². The average molecular weight is 365 g/mol. The van der Waals surface area contributed by atoms with Gasteiger partial charge in [-0.2, -0.15) is 0 Å². The maximum Gasteiger partial charge on any atom is 0.231 e. The Hall–Kier alpha value is -3.03. The first-order chi connectivity index (χ1) is 13.1. The molecular formula is C20H15NO6. The monoisotopic (exact) mass is 365 g/mol. The Bertz CT molecular complexity index is 1110. The van der Waals surface area contributed by atoms with Crippen LogP contribution in [0.15, 0.2) is 36.5 Å². The largest absolute Gasteiger partial charge is 0.454 e. The molecule has 1 N–H and O–H groups in total. The van der Waals surface area contributed by atoms with E-state index in [1.807, 2.05) is 37.3 Å². The predicted octanol–water partition coefficient (Wildman–Crippen LogP) is 2.98. The number of ether oxygens (including phenoxy) is 5. The maximum absolute atomic E-state index is 10.6. The summed E-state index contributed by atoms with van der Waals surface area (Å²) in [5.41, 5.74) is 1.13. The quantitative estimate of drug-likeness (QED) is 0.710. The third kappa shape index (κ3) is 1.90. The van der Waals surface area contributed by atoms with Gasteiger partial charge in [-0.1, -0.05) is 6.07 Å². The molecule has 0 spiro atoms. The van der Waals surface area contributed by atoms with Crippen molar-refractivity contribution in [1.82, 2.24) is 4.98 Å². The highest BCUT2D eigenvalue weighted by atomic mass is 16.7. The number of pyridine rings is 1. The molecule has 2 atom stereocenters. The molecule has 0 amide bonds. The van der Waals surface area contributed by atoms with Crippen LogP contribution in [0.1, 0.15) is 30.0 Å². The lowest BCUT2D eigenvalue weighted by atomic mass is 9.87. The number of rotatable bonds is 1. The van der Waals surface area contributed by atoms with E-state index < -0.39 is 11.9 Å².